The Hall–Kier alpha value is -4.38. The molecular weight excluding hydrogens is 439 g/mol. The van der Waals surface area contributed by atoms with Gasteiger partial charge >= 0.3 is 0 Å². The van der Waals surface area contributed by atoms with E-state index in [4.69, 9.17) is 0 Å². The molecule has 0 radical (unpaired) electrons. The number of carbonyl (C=O) groups excluding carboxylic acids is 2. The van der Waals surface area contributed by atoms with E-state index in [2.05, 4.69) is 42.2 Å². The van der Waals surface area contributed by atoms with Crippen molar-refractivity contribution in [3.63, 3.8) is 0 Å². The zero-order chi connectivity index (χ0) is 24.1. The van der Waals surface area contributed by atoms with Gasteiger partial charge in [-0.3, -0.25) is 15.0 Å². The summed E-state index contributed by atoms with van der Waals surface area (Å²) in [5.41, 5.74) is 11.3. The molecule has 0 aliphatic carbocycles. The fourth-order valence-electron chi connectivity index (χ4n) is 3.31. The lowest BCUT2D eigenvalue weighted by Gasteiger charge is -2.15. The lowest BCUT2D eigenvalue weighted by Crippen LogP contribution is -2.35. The molecule has 0 spiro atoms. The zero-order valence-corrected chi connectivity index (χ0v) is 18.5. The number of nitrogens with zero attached hydrogens (tertiary/aromatic N) is 3. The second-order valence-electron chi connectivity index (χ2n) is 7.69. The zero-order valence-electron chi connectivity index (χ0n) is 18.5. The highest BCUT2D eigenvalue weighted by Crippen LogP contribution is 2.15. The van der Waals surface area contributed by atoms with E-state index in [1.165, 1.54) is 18.5 Å². The molecule has 5 N–H and O–H groups in total. The van der Waals surface area contributed by atoms with E-state index in [0.29, 0.717) is 11.4 Å². The van der Waals surface area contributed by atoms with Crippen LogP contribution in [0, 0.1) is 12.7 Å². The van der Waals surface area contributed by atoms with Gasteiger partial charge in [0.05, 0.1) is 6.04 Å². The van der Waals surface area contributed by atoms with Crippen molar-refractivity contribution in [3.8, 4) is 0 Å². The van der Waals surface area contributed by atoms with Gasteiger partial charge in [0.1, 0.15) is 23.5 Å². The minimum Gasteiger partial charge on any atom is -0.347 e. The molecule has 2 amide bonds. The molecule has 10 nitrogen and oxygen atoms in total. The van der Waals surface area contributed by atoms with Gasteiger partial charge in [-0.05, 0) is 36.6 Å². The summed E-state index contributed by atoms with van der Waals surface area (Å²) in [4.78, 5) is 33.2. The Morgan fingerprint density at radius 1 is 1.03 bits per heavy atom. The maximum absolute atomic E-state index is 13.4. The van der Waals surface area contributed by atoms with Crippen LogP contribution in [0.1, 0.15) is 56.2 Å². The number of amidine groups is 1. The summed E-state index contributed by atoms with van der Waals surface area (Å²) in [5.74, 6) is -0.543. The van der Waals surface area contributed by atoms with Crippen molar-refractivity contribution in [1.82, 2.24) is 37.1 Å². The van der Waals surface area contributed by atoms with Crippen LogP contribution in [-0.4, -0.2) is 27.6 Å². The van der Waals surface area contributed by atoms with Crippen LogP contribution in [0.4, 0.5) is 4.39 Å². The Morgan fingerprint density at radius 2 is 1.76 bits per heavy atom. The number of rotatable bonds is 7. The summed E-state index contributed by atoms with van der Waals surface area (Å²) in [6, 6.07) is 13.2. The molecule has 34 heavy (non-hydrogen) atoms. The quantitative estimate of drug-likeness (QED) is 0.360. The average Bonchev–Trinajstić information content (AvgIpc) is 3.40. The highest BCUT2D eigenvalue weighted by atomic mass is 19.1. The molecule has 0 saturated heterocycles. The third-order valence-electron chi connectivity index (χ3n) is 5.24. The number of hydrogen-bond acceptors (Lipinski definition) is 8. The van der Waals surface area contributed by atoms with Crippen molar-refractivity contribution in [2.45, 2.75) is 26.4 Å². The lowest BCUT2D eigenvalue weighted by molar-refractivity contribution is 0.0934. The molecule has 0 saturated carbocycles. The van der Waals surface area contributed by atoms with Gasteiger partial charge in [0.25, 0.3) is 11.8 Å². The lowest BCUT2D eigenvalue weighted by atomic mass is 10.1. The van der Waals surface area contributed by atoms with E-state index in [0.717, 1.165) is 16.7 Å². The third kappa shape index (κ3) is 5.33. The Balaban J connectivity index is 1.37. The molecule has 11 heteroatoms. The van der Waals surface area contributed by atoms with Gasteiger partial charge in [-0.25, -0.2) is 19.9 Å². The number of aryl methyl sites for hydroxylation is 1. The maximum Gasteiger partial charge on any atom is 0.270 e. The minimum absolute atomic E-state index is 0.0584. The standard InChI is InChI=1S/C23H23FN8O2/c1-13-9-15(3-8-18(13)24)11-25-22(33)19-10-20(27-12-26-19)23(34)28-14(2)16-4-6-17(7-5-16)21-29-31-32-30-21/h3-10,12,14,31-32H,11H2,1-2H3,(H,25,33)(H,28,34)(H,29,30). The number of benzene rings is 2. The number of hydrazone groups is 1. The molecule has 0 bridgehead atoms. The van der Waals surface area contributed by atoms with E-state index in [1.54, 1.807) is 19.1 Å². The molecule has 1 aliphatic heterocycles. The van der Waals surface area contributed by atoms with E-state index < -0.39 is 11.8 Å². The number of nitrogens with one attached hydrogen (secondary N) is 5. The summed E-state index contributed by atoms with van der Waals surface area (Å²) in [7, 11) is 0. The van der Waals surface area contributed by atoms with Gasteiger partial charge in [0, 0.05) is 18.2 Å². The Bertz CT molecular complexity index is 1250. The van der Waals surface area contributed by atoms with Crippen LogP contribution >= 0.6 is 0 Å². The molecule has 4 rings (SSSR count). The maximum atomic E-state index is 13.4. The van der Waals surface area contributed by atoms with E-state index in [9.17, 15) is 14.0 Å². The van der Waals surface area contributed by atoms with Crippen LogP contribution in [0.15, 0.2) is 60.0 Å². The summed E-state index contributed by atoms with van der Waals surface area (Å²) < 4.78 is 13.4. The normalized spacial score (nSPS) is 13.3. The third-order valence-corrected chi connectivity index (χ3v) is 5.24. The van der Waals surface area contributed by atoms with E-state index in [-0.39, 0.29) is 29.8 Å². The predicted molar refractivity (Wildman–Crippen MR) is 123 cm³/mol. The first-order valence-corrected chi connectivity index (χ1v) is 10.5. The first-order valence-electron chi connectivity index (χ1n) is 10.5. The number of hydrazine groups is 2. The number of halogens is 1. The molecule has 3 aromatic rings. The van der Waals surface area contributed by atoms with Crippen LogP contribution < -0.4 is 27.1 Å². The van der Waals surface area contributed by atoms with Crippen LogP contribution in [0.2, 0.25) is 0 Å². The van der Waals surface area contributed by atoms with Crippen molar-refractivity contribution in [1.29, 1.82) is 0 Å². The Labute approximate surface area is 195 Å². The van der Waals surface area contributed by atoms with Crippen molar-refractivity contribution in [3.05, 3.63) is 94.3 Å². The van der Waals surface area contributed by atoms with Gasteiger partial charge in [-0.1, -0.05) is 36.4 Å². The summed E-state index contributed by atoms with van der Waals surface area (Å²) >= 11 is 0. The van der Waals surface area contributed by atoms with Crippen molar-refractivity contribution in [2.24, 2.45) is 5.10 Å². The van der Waals surface area contributed by atoms with Gasteiger partial charge in [0.2, 0.25) is 0 Å². The second-order valence-corrected chi connectivity index (χ2v) is 7.69. The first kappa shape index (κ1) is 22.8. The average molecular weight is 462 g/mol. The summed E-state index contributed by atoms with van der Waals surface area (Å²) in [6.07, 6.45) is 1.17. The number of amides is 2. The van der Waals surface area contributed by atoms with Gasteiger partial charge < -0.3 is 10.6 Å². The molecule has 1 aromatic heterocycles. The Morgan fingerprint density at radius 3 is 2.44 bits per heavy atom. The fraction of sp³-hybridized carbons (Fsp3) is 0.174. The molecule has 174 valence electrons. The highest BCUT2D eigenvalue weighted by molar-refractivity contribution is 5.99. The highest BCUT2D eigenvalue weighted by Gasteiger charge is 2.16. The van der Waals surface area contributed by atoms with Crippen molar-refractivity contribution < 1.29 is 14.0 Å². The van der Waals surface area contributed by atoms with Crippen LogP contribution in [0.25, 0.3) is 0 Å². The monoisotopic (exact) mass is 462 g/mol. The van der Waals surface area contributed by atoms with Gasteiger partial charge in [0.15, 0.2) is 5.84 Å². The van der Waals surface area contributed by atoms with Crippen molar-refractivity contribution in [2.75, 3.05) is 0 Å². The number of carbonyl (C=O) groups is 2. The van der Waals surface area contributed by atoms with E-state index in [1.807, 2.05) is 31.2 Å². The summed E-state index contributed by atoms with van der Waals surface area (Å²) in [6.45, 7) is 3.70. The smallest absolute Gasteiger partial charge is 0.270 e. The minimum atomic E-state index is -0.463. The topological polar surface area (TPSA) is 132 Å². The fourth-order valence-corrected chi connectivity index (χ4v) is 3.31. The molecule has 1 atom stereocenters. The SMILES string of the molecule is Cc1cc(CNC(=O)c2cc(C(=O)NC(C)c3ccc(C4=NNNN4)cc3)ncn2)ccc1F. The second kappa shape index (κ2) is 10.0. The van der Waals surface area contributed by atoms with Gasteiger partial charge in [-0.2, -0.15) is 0 Å². The molecule has 1 aliphatic rings. The largest absolute Gasteiger partial charge is 0.347 e. The molecule has 2 heterocycles. The van der Waals surface area contributed by atoms with E-state index >= 15 is 0 Å². The Kier molecular flexibility index (Phi) is 6.74. The first-order chi connectivity index (χ1) is 16.4. The van der Waals surface area contributed by atoms with Crippen LogP contribution in [0.5, 0.6) is 0 Å². The molecule has 1 unspecified atom stereocenters. The number of hydrogen-bond donors (Lipinski definition) is 5. The molecule has 2 aromatic carbocycles. The van der Waals surface area contributed by atoms with Crippen LogP contribution in [-0.2, 0) is 6.54 Å². The molecule has 0 fully saturated rings. The van der Waals surface area contributed by atoms with Crippen molar-refractivity contribution >= 4 is 17.6 Å². The number of aromatic nitrogens is 2. The predicted octanol–water partition coefficient (Wildman–Crippen LogP) is 1.62. The van der Waals surface area contributed by atoms with Gasteiger partial charge in [-0.15, -0.1) is 10.6 Å². The van der Waals surface area contributed by atoms with Crippen LogP contribution in [0.3, 0.4) is 0 Å². The molecular formula is C23H23FN8O2. The summed E-state index contributed by atoms with van der Waals surface area (Å²) in [5, 5.41) is 9.63.